The lowest BCUT2D eigenvalue weighted by Crippen LogP contribution is -2.06. The summed E-state index contributed by atoms with van der Waals surface area (Å²) in [5, 5.41) is 11.2. The highest BCUT2D eigenvalue weighted by Gasteiger charge is 2.10. The van der Waals surface area contributed by atoms with E-state index >= 15 is 0 Å². The van der Waals surface area contributed by atoms with Gasteiger partial charge in [0, 0.05) is 17.3 Å². The van der Waals surface area contributed by atoms with Gasteiger partial charge in [0.2, 0.25) is 0 Å². The molecule has 1 N–H and O–H groups in total. The van der Waals surface area contributed by atoms with E-state index in [2.05, 4.69) is 33.8 Å². The van der Waals surface area contributed by atoms with Crippen molar-refractivity contribution >= 4 is 23.4 Å². The molecule has 0 spiro atoms. The number of hydrogen-bond acceptors (Lipinski definition) is 3. The fourth-order valence-electron chi connectivity index (χ4n) is 2.48. The zero-order valence-electron chi connectivity index (χ0n) is 13.2. The van der Waals surface area contributed by atoms with E-state index in [0.29, 0.717) is 6.54 Å². The highest BCUT2D eigenvalue weighted by atomic mass is 35.5. The van der Waals surface area contributed by atoms with E-state index in [1.165, 1.54) is 5.56 Å². The van der Waals surface area contributed by atoms with Crippen molar-refractivity contribution in [1.29, 1.82) is 0 Å². The third-order valence-corrected chi connectivity index (χ3v) is 5.03. The smallest absolute Gasteiger partial charge is 0.168 e. The van der Waals surface area contributed by atoms with Gasteiger partial charge in [-0.25, -0.2) is 4.98 Å². The number of aliphatic hydroxyl groups is 1. The molecule has 0 fully saturated rings. The molecule has 5 heteroatoms. The van der Waals surface area contributed by atoms with Crippen LogP contribution < -0.4 is 0 Å². The topological polar surface area (TPSA) is 38.1 Å². The molecule has 0 aliphatic carbocycles. The summed E-state index contributed by atoms with van der Waals surface area (Å²) in [4.78, 5) is 4.47. The van der Waals surface area contributed by atoms with E-state index in [0.717, 1.165) is 33.6 Å². The molecule has 1 aromatic heterocycles. The lowest BCUT2D eigenvalue weighted by atomic mass is 10.2. The van der Waals surface area contributed by atoms with Crippen molar-refractivity contribution in [3.05, 3.63) is 82.6 Å². The Hall–Kier alpha value is -1.75. The Morgan fingerprint density at radius 2 is 1.75 bits per heavy atom. The number of nitrogens with zero attached hydrogens (tertiary/aromatic N) is 2. The maximum Gasteiger partial charge on any atom is 0.168 e. The second kappa shape index (κ2) is 8.38. The zero-order valence-corrected chi connectivity index (χ0v) is 14.8. The van der Waals surface area contributed by atoms with Gasteiger partial charge in [0.1, 0.15) is 0 Å². The van der Waals surface area contributed by atoms with Crippen molar-refractivity contribution in [2.75, 3.05) is 5.75 Å². The van der Waals surface area contributed by atoms with Gasteiger partial charge in [0.25, 0.3) is 0 Å². The molecule has 0 aliphatic heterocycles. The Bertz CT molecular complexity index is 772. The average molecular weight is 359 g/mol. The molecular weight excluding hydrogens is 340 g/mol. The molecule has 3 rings (SSSR count). The summed E-state index contributed by atoms with van der Waals surface area (Å²) in [6.45, 7) is 0.667. The number of halogens is 1. The first-order valence-corrected chi connectivity index (χ1v) is 9.19. The standard InChI is InChI=1S/C19H19ClN2OS/c20-17-8-6-16(7-9-17)13-22-18(14-23)12-21-19(22)24-11-10-15-4-2-1-3-5-15/h1-9,12,23H,10-11,13-14H2. The van der Waals surface area contributed by atoms with Crippen molar-refractivity contribution in [1.82, 2.24) is 9.55 Å². The number of aromatic nitrogens is 2. The molecule has 0 aliphatic rings. The minimum atomic E-state index is -0.0141. The molecule has 3 nitrogen and oxygen atoms in total. The van der Waals surface area contributed by atoms with Gasteiger partial charge in [-0.1, -0.05) is 65.8 Å². The van der Waals surface area contributed by atoms with E-state index in [9.17, 15) is 5.11 Å². The van der Waals surface area contributed by atoms with Crippen LogP contribution >= 0.6 is 23.4 Å². The minimum Gasteiger partial charge on any atom is -0.390 e. The maximum absolute atomic E-state index is 9.57. The summed E-state index contributed by atoms with van der Waals surface area (Å²) in [6.07, 6.45) is 2.74. The van der Waals surface area contributed by atoms with Gasteiger partial charge < -0.3 is 9.67 Å². The van der Waals surface area contributed by atoms with Gasteiger partial charge in [-0.05, 0) is 29.7 Å². The first kappa shape index (κ1) is 17.1. The molecule has 0 saturated heterocycles. The third-order valence-electron chi connectivity index (χ3n) is 3.78. The van der Waals surface area contributed by atoms with Gasteiger partial charge in [-0.15, -0.1) is 0 Å². The first-order valence-electron chi connectivity index (χ1n) is 7.82. The molecule has 124 valence electrons. The van der Waals surface area contributed by atoms with Crippen LogP contribution in [0.2, 0.25) is 5.02 Å². The minimum absolute atomic E-state index is 0.0141. The van der Waals surface area contributed by atoms with Crippen molar-refractivity contribution in [2.45, 2.75) is 24.7 Å². The molecule has 0 radical (unpaired) electrons. The zero-order chi connectivity index (χ0) is 16.8. The lowest BCUT2D eigenvalue weighted by Gasteiger charge is -2.11. The van der Waals surface area contributed by atoms with Crippen LogP contribution in [-0.4, -0.2) is 20.4 Å². The van der Waals surface area contributed by atoms with Crippen LogP contribution in [0.3, 0.4) is 0 Å². The number of thioether (sulfide) groups is 1. The summed E-state index contributed by atoms with van der Waals surface area (Å²) in [7, 11) is 0. The number of imidazole rings is 1. The molecule has 0 saturated carbocycles. The Morgan fingerprint density at radius 1 is 1.00 bits per heavy atom. The predicted molar refractivity (Wildman–Crippen MR) is 99.6 cm³/mol. The number of aryl methyl sites for hydroxylation is 1. The van der Waals surface area contributed by atoms with Gasteiger partial charge in [-0.2, -0.15) is 0 Å². The lowest BCUT2D eigenvalue weighted by molar-refractivity contribution is 0.270. The average Bonchev–Trinajstić information content (AvgIpc) is 3.00. The monoisotopic (exact) mass is 358 g/mol. The third kappa shape index (κ3) is 4.41. The SMILES string of the molecule is OCc1cnc(SCCc2ccccc2)n1Cc1ccc(Cl)cc1. The van der Waals surface area contributed by atoms with E-state index in [1.807, 2.05) is 30.3 Å². The van der Waals surface area contributed by atoms with Crippen molar-refractivity contribution in [3.63, 3.8) is 0 Å². The van der Waals surface area contributed by atoms with Crippen LogP contribution in [0.4, 0.5) is 0 Å². The van der Waals surface area contributed by atoms with E-state index < -0.39 is 0 Å². The van der Waals surface area contributed by atoms with Crippen LogP contribution in [0, 0.1) is 0 Å². The van der Waals surface area contributed by atoms with E-state index in [-0.39, 0.29) is 6.61 Å². The van der Waals surface area contributed by atoms with Crippen LogP contribution in [0.1, 0.15) is 16.8 Å². The number of rotatable bonds is 7. The fraction of sp³-hybridized carbons (Fsp3) is 0.211. The van der Waals surface area contributed by atoms with Gasteiger partial charge in [0.15, 0.2) is 5.16 Å². The first-order chi connectivity index (χ1) is 11.8. The maximum atomic E-state index is 9.57. The molecule has 2 aromatic carbocycles. The van der Waals surface area contributed by atoms with Gasteiger partial charge >= 0.3 is 0 Å². The second-order valence-corrected chi connectivity index (χ2v) is 6.99. The Morgan fingerprint density at radius 3 is 2.46 bits per heavy atom. The summed E-state index contributed by atoms with van der Waals surface area (Å²) in [5.74, 6) is 0.951. The summed E-state index contributed by atoms with van der Waals surface area (Å²) < 4.78 is 2.07. The summed E-state index contributed by atoms with van der Waals surface area (Å²) in [6, 6.07) is 18.2. The Labute approximate surface area is 151 Å². The summed E-state index contributed by atoms with van der Waals surface area (Å²) in [5.41, 5.74) is 3.28. The van der Waals surface area contributed by atoms with Crippen molar-refractivity contribution in [3.8, 4) is 0 Å². The second-order valence-electron chi connectivity index (χ2n) is 5.49. The Balaban J connectivity index is 1.69. The predicted octanol–water partition coefficient (Wildman–Crippen LogP) is 4.41. The molecule has 0 amide bonds. The molecule has 0 atom stereocenters. The van der Waals surface area contributed by atoms with Gasteiger partial charge in [-0.3, -0.25) is 0 Å². The van der Waals surface area contributed by atoms with Crippen LogP contribution in [0.5, 0.6) is 0 Å². The van der Waals surface area contributed by atoms with Crippen molar-refractivity contribution in [2.24, 2.45) is 0 Å². The molecule has 3 aromatic rings. The molecule has 0 bridgehead atoms. The molecular formula is C19H19ClN2OS. The highest BCUT2D eigenvalue weighted by Crippen LogP contribution is 2.22. The summed E-state index contributed by atoms with van der Waals surface area (Å²) >= 11 is 7.66. The molecule has 0 unspecified atom stereocenters. The number of benzene rings is 2. The van der Waals surface area contributed by atoms with Gasteiger partial charge in [0.05, 0.1) is 18.5 Å². The number of hydrogen-bond donors (Lipinski definition) is 1. The van der Waals surface area contributed by atoms with Crippen molar-refractivity contribution < 1.29 is 5.11 Å². The fourth-order valence-corrected chi connectivity index (χ4v) is 3.59. The van der Waals surface area contributed by atoms with Crippen LogP contribution in [-0.2, 0) is 19.6 Å². The molecule has 1 heterocycles. The van der Waals surface area contributed by atoms with Crippen LogP contribution in [0.25, 0.3) is 0 Å². The normalized spacial score (nSPS) is 10.9. The quantitative estimate of drug-likeness (QED) is 0.636. The Kier molecular flexibility index (Phi) is 5.96. The van der Waals surface area contributed by atoms with E-state index in [1.54, 1.807) is 18.0 Å². The highest BCUT2D eigenvalue weighted by molar-refractivity contribution is 7.99. The van der Waals surface area contributed by atoms with Crippen LogP contribution in [0.15, 0.2) is 66.0 Å². The largest absolute Gasteiger partial charge is 0.390 e. The van der Waals surface area contributed by atoms with E-state index in [4.69, 9.17) is 11.6 Å². The molecule has 24 heavy (non-hydrogen) atoms. The number of aliphatic hydroxyl groups excluding tert-OH is 1.